The van der Waals surface area contributed by atoms with Crippen LogP contribution in [0.3, 0.4) is 0 Å². The highest BCUT2D eigenvalue weighted by atomic mass is 16.3. The second-order valence-electron chi connectivity index (χ2n) is 4.79. The molecule has 1 heterocycles. The molecule has 0 bridgehead atoms. The van der Waals surface area contributed by atoms with E-state index < -0.39 is 0 Å². The van der Waals surface area contributed by atoms with Crippen molar-refractivity contribution in [1.29, 1.82) is 0 Å². The first-order chi connectivity index (χ1) is 8.67. The van der Waals surface area contributed by atoms with Crippen molar-refractivity contribution in [2.75, 3.05) is 7.05 Å². The number of nitrogens with one attached hydrogen (secondary N) is 1. The minimum atomic E-state index is 0.418. The van der Waals surface area contributed by atoms with Gasteiger partial charge in [0.05, 0.1) is 5.69 Å². The Kier molecular flexibility index (Phi) is 4.15. The molecule has 0 radical (unpaired) electrons. The van der Waals surface area contributed by atoms with E-state index in [9.17, 15) is 0 Å². The van der Waals surface area contributed by atoms with Crippen molar-refractivity contribution in [3.8, 4) is 0 Å². The zero-order valence-corrected chi connectivity index (χ0v) is 11.2. The van der Waals surface area contributed by atoms with Crippen LogP contribution in [0.5, 0.6) is 0 Å². The van der Waals surface area contributed by atoms with Gasteiger partial charge in [0.2, 0.25) is 0 Å². The number of oxazole rings is 1. The molecule has 0 aliphatic rings. The molecule has 0 amide bonds. The van der Waals surface area contributed by atoms with Crippen LogP contribution in [0, 0.1) is 6.92 Å². The number of aryl methyl sites for hydroxylation is 1. The third-order valence-electron chi connectivity index (χ3n) is 3.05. The van der Waals surface area contributed by atoms with E-state index in [1.54, 1.807) is 6.26 Å². The summed E-state index contributed by atoms with van der Waals surface area (Å²) in [6.07, 6.45) is 3.42. The maximum atomic E-state index is 5.51. The van der Waals surface area contributed by atoms with E-state index in [2.05, 4.69) is 48.4 Å². The van der Waals surface area contributed by atoms with Gasteiger partial charge in [-0.05, 0) is 26.5 Å². The summed E-state index contributed by atoms with van der Waals surface area (Å²) in [4.78, 5) is 4.52. The van der Waals surface area contributed by atoms with Crippen LogP contribution in [-0.4, -0.2) is 18.1 Å². The lowest BCUT2D eigenvalue weighted by atomic mass is 10.1. The van der Waals surface area contributed by atoms with Crippen LogP contribution in [0.15, 0.2) is 34.9 Å². The third-order valence-corrected chi connectivity index (χ3v) is 3.05. The summed E-state index contributed by atoms with van der Waals surface area (Å²) in [5.74, 6) is 0.791. The summed E-state index contributed by atoms with van der Waals surface area (Å²) >= 11 is 0. The van der Waals surface area contributed by atoms with Crippen molar-refractivity contribution in [2.24, 2.45) is 0 Å². The highest BCUT2D eigenvalue weighted by molar-refractivity contribution is 5.24. The summed E-state index contributed by atoms with van der Waals surface area (Å²) in [5, 5.41) is 3.20. The van der Waals surface area contributed by atoms with Gasteiger partial charge in [0, 0.05) is 18.9 Å². The number of aromatic nitrogens is 1. The molecule has 1 aromatic carbocycles. The van der Waals surface area contributed by atoms with Crippen molar-refractivity contribution in [1.82, 2.24) is 10.3 Å². The molecule has 3 nitrogen and oxygen atoms in total. The summed E-state index contributed by atoms with van der Waals surface area (Å²) in [7, 11) is 1.96. The minimum absolute atomic E-state index is 0.418. The summed E-state index contributed by atoms with van der Waals surface area (Å²) < 4.78 is 5.51. The molecule has 2 rings (SSSR count). The second kappa shape index (κ2) is 5.83. The molecule has 3 heteroatoms. The number of benzene rings is 1. The highest BCUT2D eigenvalue weighted by Crippen LogP contribution is 2.12. The highest BCUT2D eigenvalue weighted by Gasteiger charge is 2.08. The molecular formula is C15H20N2O. The Balaban J connectivity index is 2.02. The van der Waals surface area contributed by atoms with E-state index in [0.29, 0.717) is 6.04 Å². The van der Waals surface area contributed by atoms with Crippen LogP contribution in [0.1, 0.15) is 29.6 Å². The Morgan fingerprint density at radius 2 is 2.22 bits per heavy atom. The van der Waals surface area contributed by atoms with E-state index in [1.807, 2.05) is 7.05 Å². The van der Waals surface area contributed by atoms with Gasteiger partial charge in [-0.1, -0.05) is 29.8 Å². The largest absolute Gasteiger partial charge is 0.448 e. The van der Waals surface area contributed by atoms with Gasteiger partial charge in [-0.15, -0.1) is 0 Å². The quantitative estimate of drug-likeness (QED) is 0.878. The lowest BCUT2D eigenvalue weighted by Gasteiger charge is -2.05. The van der Waals surface area contributed by atoms with Crippen molar-refractivity contribution in [2.45, 2.75) is 32.7 Å². The lowest BCUT2D eigenvalue weighted by molar-refractivity contribution is 0.505. The van der Waals surface area contributed by atoms with E-state index in [1.165, 1.54) is 11.1 Å². The summed E-state index contributed by atoms with van der Waals surface area (Å²) in [5.41, 5.74) is 3.52. The van der Waals surface area contributed by atoms with Crippen molar-refractivity contribution in [3.05, 3.63) is 53.2 Å². The van der Waals surface area contributed by atoms with Gasteiger partial charge in [0.1, 0.15) is 6.26 Å². The zero-order valence-electron chi connectivity index (χ0n) is 11.2. The Morgan fingerprint density at radius 1 is 1.39 bits per heavy atom. The fourth-order valence-electron chi connectivity index (χ4n) is 1.94. The molecular weight excluding hydrogens is 224 g/mol. The van der Waals surface area contributed by atoms with E-state index in [0.717, 1.165) is 24.4 Å². The predicted molar refractivity (Wildman–Crippen MR) is 72.7 cm³/mol. The first-order valence-electron chi connectivity index (χ1n) is 6.33. The van der Waals surface area contributed by atoms with Crippen LogP contribution in [0.4, 0.5) is 0 Å². The number of likely N-dealkylation sites (N-methyl/N-ethyl adjacent to an activating group) is 1. The minimum Gasteiger partial charge on any atom is -0.448 e. The van der Waals surface area contributed by atoms with Crippen LogP contribution in [0.25, 0.3) is 0 Å². The summed E-state index contributed by atoms with van der Waals surface area (Å²) in [6, 6.07) is 8.85. The molecule has 0 saturated heterocycles. The average Bonchev–Trinajstić information content (AvgIpc) is 2.76. The Morgan fingerprint density at radius 3 is 2.94 bits per heavy atom. The number of hydrogen-bond donors (Lipinski definition) is 1. The van der Waals surface area contributed by atoms with Crippen LogP contribution >= 0.6 is 0 Å². The average molecular weight is 244 g/mol. The normalized spacial score (nSPS) is 12.6. The maximum absolute atomic E-state index is 5.51. The van der Waals surface area contributed by atoms with Crippen molar-refractivity contribution >= 4 is 0 Å². The SMILES string of the molecule is CNC(C)Cc1coc(Cc2cccc(C)c2)n1. The van der Waals surface area contributed by atoms with E-state index >= 15 is 0 Å². The predicted octanol–water partition coefficient (Wildman–Crippen LogP) is 2.72. The first kappa shape index (κ1) is 12.8. The third kappa shape index (κ3) is 3.44. The van der Waals surface area contributed by atoms with Crippen molar-refractivity contribution in [3.63, 3.8) is 0 Å². The molecule has 0 aliphatic heterocycles. The molecule has 0 saturated carbocycles. The smallest absolute Gasteiger partial charge is 0.198 e. The van der Waals surface area contributed by atoms with Gasteiger partial charge in [-0.25, -0.2) is 4.98 Å². The molecule has 0 aliphatic carbocycles. The Bertz CT molecular complexity index is 505. The molecule has 1 N–H and O–H groups in total. The van der Waals surface area contributed by atoms with E-state index in [4.69, 9.17) is 4.42 Å². The van der Waals surface area contributed by atoms with Crippen molar-refractivity contribution < 1.29 is 4.42 Å². The second-order valence-corrected chi connectivity index (χ2v) is 4.79. The number of hydrogen-bond acceptors (Lipinski definition) is 3. The fourth-order valence-corrected chi connectivity index (χ4v) is 1.94. The molecule has 2 aromatic rings. The topological polar surface area (TPSA) is 38.1 Å². The van der Waals surface area contributed by atoms with E-state index in [-0.39, 0.29) is 0 Å². The molecule has 1 aromatic heterocycles. The van der Waals surface area contributed by atoms with Gasteiger partial charge in [0.15, 0.2) is 5.89 Å². The number of rotatable bonds is 5. The Hall–Kier alpha value is -1.61. The zero-order chi connectivity index (χ0) is 13.0. The molecule has 1 atom stereocenters. The van der Waals surface area contributed by atoms with Gasteiger partial charge < -0.3 is 9.73 Å². The molecule has 0 fully saturated rings. The molecule has 18 heavy (non-hydrogen) atoms. The molecule has 0 spiro atoms. The van der Waals surface area contributed by atoms with Gasteiger partial charge >= 0.3 is 0 Å². The molecule has 1 unspecified atom stereocenters. The first-order valence-corrected chi connectivity index (χ1v) is 6.33. The van der Waals surface area contributed by atoms with Gasteiger partial charge in [0.25, 0.3) is 0 Å². The van der Waals surface area contributed by atoms with Gasteiger partial charge in [-0.2, -0.15) is 0 Å². The molecule has 96 valence electrons. The Labute approximate surface area is 108 Å². The lowest BCUT2D eigenvalue weighted by Crippen LogP contribution is -2.23. The number of nitrogens with zero attached hydrogens (tertiary/aromatic N) is 1. The maximum Gasteiger partial charge on any atom is 0.198 e. The van der Waals surface area contributed by atoms with Crippen LogP contribution in [0.2, 0.25) is 0 Å². The monoisotopic (exact) mass is 244 g/mol. The standard InChI is InChI=1S/C15H20N2O/c1-11-5-4-6-13(7-11)9-15-17-14(10-18-15)8-12(2)16-3/h4-7,10,12,16H,8-9H2,1-3H3. The summed E-state index contributed by atoms with van der Waals surface area (Å²) in [6.45, 7) is 4.23. The van der Waals surface area contributed by atoms with Crippen LogP contribution in [-0.2, 0) is 12.8 Å². The van der Waals surface area contributed by atoms with Gasteiger partial charge in [-0.3, -0.25) is 0 Å². The van der Waals surface area contributed by atoms with Crippen LogP contribution < -0.4 is 5.32 Å². The fraction of sp³-hybridized carbons (Fsp3) is 0.400.